The maximum Gasteiger partial charge on any atom is 0.251 e. The minimum Gasteiger partial charge on any atom is -0.399 e. The highest BCUT2D eigenvalue weighted by Crippen LogP contribution is 2.18. The lowest BCUT2D eigenvalue weighted by Gasteiger charge is -2.24. The third kappa shape index (κ3) is 4.24. The summed E-state index contributed by atoms with van der Waals surface area (Å²) in [6, 6.07) is 4.15. The van der Waals surface area contributed by atoms with Crippen molar-refractivity contribution in [2.24, 2.45) is 0 Å². The maximum absolute atomic E-state index is 12.1. The second-order valence-electron chi connectivity index (χ2n) is 5.25. The highest BCUT2D eigenvalue weighted by atomic mass is 32.2. The van der Waals surface area contributed by atoms with Gasteiger partial charge in [-0.1, -0.05) is 6.92 Å². The summed E-state index contributed by atoms with van der Waals surface area (Å²) in [4.78, 5) is 12.1. The Bertz CT molecular complexity index is 592. The quantitative estimate of drug-likeness (QED) is 0.822. The number of nitrogens with one attached hydrogen (secondary N) is 1. The third-order valence-electron chi connectivity index (χ3n) is 2.95. The minimum absolute atomic E-state index is 0.0481. The Kier molecular flexibility index (Phi) is 4.25. The average Bonchev–Trinajstić information content (AvgIpc) is 2.26. The Labute approximate surface area is 114 Å². The van der Waals surface area contributed by atoms with E-state index >= 15 is 0 Å². The molecule has 106 valence electrons. The number of nitrogens with two attached hydrogens (primary N) is 1. The summed E-state index contributed by atoms with van der Waals surface area (Å²) >= 11 is 0. The zero-order valence-corrected chi connectivity index (χ0v) is 12.5. The van der Waals surface area contributed by atoms with Gasteiger partial charge in [0, 0.05) is 23.0 Å². The van der Waals surface area contributed by atoms with Crippen molar-refractivity contribution in [2.45, 2.75) is 37.6 Å². The molecule has 0 saturated carbocycles. The van der Waals surface area contributed by atoms with Crippen molar-refractivity contribution >= 4 is 21.4 Å². The number of hydrogen-bond acceptors (Lipinski definition) is 4. The van der Waals surface area contributed by atoms with Gasteiger partial charge in [0.15, 0.2) is 9.84 Å². The van der Waals surface area contributed by atoms with Gasteiger partial charge in [-0.3, -0.25) is 4.79 Å². The van der Waals surface area contributed by atoms with Crippen molar-refractivity contribution in [3.63, 3.8) is 0 Å². The molecule has 0 aromatic heterocycles. The Morgan fingerprint density at radius 3 is 2.37 bits per heavy atom. The van der Waals surface area contributed by atoms with Crippen molar-refractivity contribution < 1.29 is 13.2 Å². The van der Waals surface area contributed by atoms with Gasteiger partial charge in [0.05, 0.1) is 4.90 Å². The van der Waals surface area contributed by atoms with Crippen LogP contribution < -0.4 is 11.1 Å². The van der Waals surface area contributed by atoms with Crippen LogP contribution >= 0.6 is 0 Å². The topological polar surface area (TPSA) is 89.3 Å². The Morgan fingerprint density at radius 1 is 1.32 bits per heavy atom. The first-order valence-electron chi connectivity index (χ1n) is 5.98. The number of carbonyl (C=O) groups excluding carboxylic acids is 1. The molecule has 1 aromatic carbocycles. The van der Waals surface area contributed by atoms with Crippen LogP contribution in [0.4, 0.5) is 5.69 Å². The molecule has 0 radical (unpaired) electrons. The normalized spacial score (nSPS) is 12.2. The fourth-order valence-electron chi connectivity index (χ4n) is 1.44. The van der Waals surface area contributed by atoms with E-state index in [0.29, 0.717) is 0 Å². The SMILES string of the molecule is CCC(C)(C)NC(=O)c1cc(N)cc(S(C)(=O)=O)c1. The largest absolute Gasteiger partial charge is 0.399 e. The first-order chi connectivity index (χ1) is 8.55. The third-order valence-corrected chi connectivity index (χ3v) is 4.05. The van der Waals surface area contributed by atoms with Gasteiger partial charge in [-0.2, -0.15) is 0 Å². The van der Waals surface area contributed by atoms with Crippen LogP contribution in [-0.2, 0) is 9.84 Å². The monoisotopic (exact) mass is 284 g/mol. The van der Waals surface area contributed by atoms with E-state index in [0.717, 1.165) is 12.7 Å². The zero-order valence-electron chi connectivity index (χ0n) is 11.6. The average molecular weight is 284 g/mol. The first kappa shape index (κ1) is 15.5. The molecule has 1 rings (SSSR count). The van der Waals surface area contributed by atoms with Gasteiger partial charge in [0.1, 0.15) is 0 Å². The number of anilines is 1. The van der Waals surface area contributed by atoms with E-state index in [2.05, 4.69) is 5.32 Å². The van der Waals surface area contributed by atoms with Gasteiger partial charge in [0.2, 0.25) is 0 Å². The molecule has 0 atom stereocenters. The first-order valence-corrected chi connectivity index (χ1v) is 7.87. The van der Waals surface area contributed by atoms with Crippen molar-refractivity contribution in [1.82, 2.24) is 5.32 Å². The van der Waals surface area contributed by atoms with Gasteiger partial charge >= 0.3 is 0 Å². The standard InChI is InChI=1S/C13H20N2O3S/c1-5-13(2,3)15-12(16)9-6-10(14)8-11(7-9)19(4,17)18/h6-8H,5,14H2,1-4H3,(H,15,16). The summed E-state index contributed by atoms with van der Waals surface area (Å²) in [5, 5.41) is 2.84. The maximum atomic E-state index is 12.1. The van der Waals surface area contributed by atoms with Gasteiger partial charge in [-0.25, -0.2) is 8.42 Å². The molecule has 0 unspecified atom stereocenters. The van der Waals surface area contributed by atoms with Crippen LogP contribution in [0, 0.1) is 0 Å². The van der Waals surface area contributed by atoms with Crippen LogP contribution in [0.5, 0.6) is 0 Å². The van der Waals surface area contributed by atoms with E-state index in [1.807, 2.05) is 20.8 Å². The van der Waals surface area contributed by atoms with Crippen LogP contribution in [0.3, 0.4) is 0 Å². The van der Waals surface area contributed by atoms with Crippen molar-refractivity contribution in [3.05, 3.63) is 23.8 Å². The Balaban J connectivity index is 3.15. The molecule has 0 aliphatic rings. The number of carbonyl (C=O) groups is 1. The van der Waals surface area contributed by atoms with Crippen LogP contribution in [0.2, 0.25) is 0 Å². The van der Waals surface area contributed by atoms with Crippen molar-refractivity contribution in [3.8, 4) is 0 Å². The lowest BCUT2D eigenvalue weighted by atomic mass is 10.0. The summed E-state index contributed by atoms with van der Waals surface area (Å²) in [5.41, 5.74) is 5.80. The molecule has 0 aliphatic carbocycles. The van der Waals surface area contributed by atoms with E-state index in [1.165, 1.54) is 18.2 Å². The number of hydrogen-bond donors (Lipinski definition) is 2. The van der Waals surface area contributed by atoms with Crippen LogP contribution in [0.25, 0.3) is 0 Å². The second kappa shape index (κ2) is 5.21. The highest BCUT2D eigenvalue weighted by Gasteiger charge is 2.20. The van der Waals surface area contributed by atoms with Crippen LogP contribution in [0.15, 0.2) is 23.1 Å². The Morgan fingerprint density at radius 2 is 1.89 bits per heavy atom. The zero-order chi connectivity index (χ0) is 14.8. The van der Waals surface area contributed by atoms with E-state index < -0.39 is 9.84 Å². The minimum atomic E-state index is -3.39. The Hall–Kier alpha value is -1.56. The molecular weight excluding hydrogens is 264 g/mol. The predicted octanol–water partition coefficient (Wildman–Crippen LogP) is 1.59. The molecule has 0 fully saturated rings. The molecule has 5 nitrogen and oxygen atoms in total. The molecule has 0 spiro atoms. The molecule has 1 aromatic rings. The molecular formula is C13H20N2O3S. The summed E-state index contributed by atoms with van der Waals surface area (Å²) in [5.74, 6) is -0.330. The van der Waals surface area contributed by atoms with Gasteiger partial charge < -0.3 is 11.1 Å². The smallest absolute Gasteiger partial charge is 0.251 e. The molecule has 0 saturated heterocycles. The van der Waals surface area contributed by atoms with E-state index in [4.69, 9.17) is 5.73 Å². The lowest BCUT2D eigenvalue weighted by molar-refractivity contribution is 0.0911. The van der Waals surface area contributed by atoms with Gasteiger partial charge in [-0.15, -0.1) is 0 Å². The molecule has 1 amide bonds. The molecule has 6 heteroatoms. The van der Waals surface area contributed by atoms with Gasteiger partial charge in [-0.05, 0) is 38.5 Å². The van der Waals surface area contributed by atoms with Crippen LogP contribution in [-0.4, -0.2) is 26.1 Å². The second-order valence-corrected chi connectivity index (χ2v) is 7.27. The van der Waals surface area contributed by atoms with Crippen molar-refractivity contribution in [1.29, 1.82) is 0 Å². The fraction of sp³-hybridized carbons (Fsp3) is 0.462. The molecule has 0 heterocycles. The summed E-state index contributed by atoms with van der Waals surface area (Å²) in [6.07, 6.45) is 1.85. The summed E-state index contributed by atoms with van der Waals surface area (Å²) in [7, 11) is -3.39. The number of nitrogen functional groups attached to an aromatic ring is 1. The molecule has 19 heavy (non-hydrogen) atoms. The van der Waals surface area contributed by atoms with E-state index in [1.54, 1.807) is 0 Å². The fourth-order valence-corrected chi connectivity index (χ4v) is 2.13. The number of benzene rings is 1. The number of sulfone groups is 1. The van der Waals surface area contributed by atoms with E-state index in [-0.39, 0.29) is 27.6 Å². The predicted molar refractivity (Wildman–Crippen MR) is 75.8 cm³/mol. The summed E-state index contributed by atoms with van der Waals surface area (Å²) < 4.78 is 23.0. The lowest BCUT2D eigenvalue weighted by Crippen LogP contribution is -2.42. The summed E-state index contributed by atoms with van der Waals surface area (Å²) in [6.45, 7) is 5.75. The molecule has 3 N–H and O–H groups in total. The van der Waals surface area contributed by atoms with Gasteiger partial charge in [0.25, 0.3) is 5.91 Å². The highest BCUT2D eigenvalue weighted by molar-refractivity contribution is 7.90. The molecule has 0 aliphatic heterocycles. The van der Waals surface area contributed by atoms with Crippen molar-refractivity contribution in [2.75, 3.05) is 12.0 Å². The number of rotatable bonds is 4. The van der Waals surface area contributed by atoms with E-state index in [9.17, 15) is 13.2 Å². The number of amides is 1. The van der Waals surface area contributed by atoms with Crippen LogP contribution in [0.1, 0.15) is 37.6 Å². The molecule has 0 bridgehead atoms.